The van der Waals surface area contributed by atoms with E-state index in [4.69, 9.17) is 16.2 Å². The maximum atomic E-state index is 6.39. The number of piperidine rings is 1. The van der Waals surface area contributed by atoms with Crippen molar-refractivity contribution in [1.82, 2.24) is 19.4 Å². The highest BCUT2D eigenvalue weighted by Gasteiger charge is 2.30. The maximum absolute atomic E-state index is 6.39. The molecule has 4 aromatic rings. The van der Waals surface area contributed by atoms with E-state index in [9.17, 15) is 0 Å². The monoisotopic (exact) mass is 482 g/mol. The van der Waals surface area contributed by atoms with Crippen LogP contribution in [0.3, 0.4) is 0 Å². The summed E-state index contributed by atoms with van der Waals surface area (Å²) < 4.78 is 8.32. The average molecular weight is 483 g/mol. The van der Waals surface area contributed by atoms with E-state index in [1.807, 2.05) is 42.5 Å². The predicted octanol–water partition coefficient (Wildman–Crippen LogP) is 5.38. The number of nitrogens with zero attached hydrogens (tertiary/aromatic N) is 4. The molecule has 36 heavy (non-hydrogen) atoms. The summed E-state index contributed by atoms with van der Waals surface area (Å²) >= 11 is 0. The van der Waals surface area contributed by atoms with Crippen LogP contribution in [0.2, 0.25) is 0 Å². The Morgan fingerprint density at radius 1 is 0.833 bits per heavy atom. The van der Waals surface area contributed by atoms with Crippen LogP contribution in [-0.2, 0) is 0 Å². The molecule has 7 nitrogen and oxygen atoms in total. The van der Waals surface area contributed by atoms with Crippen LogP contribution in [-0.4, -0.2) is 44.6 Å². The summed E-state index contributed by atoms with van der Waals surface area (Å²) in [5, 5.41) is 0.929. The molecule has 2 fully saturated rings. The number of ether oxygens (including phenoxy) is 1. The summed E-state index contributed by atoms with van der Waals surface area (Å²) in [6.45, 7) is 2.23. The number of nitrogens with two attached hydrogens (primary N) is 2. The fourth-order valence-corrected chi connectivity index (χ4v) is 6.01. The molecule has 2 aromatic carbocycles. The van der Waals surface area contributed by atoms with Crippen molar-refractivity contribution in [3.63, 3.8) is 0 Å². The van der Waals surface area contributed by atoms with Crippen LogP contribution in [0.5, 0.6) is 11.5 Å². The Hall–Kier alpha value is -3.42. The fourth-order valence-electron chi connectivity index (χ4n) is 6.01. The van der Waals surface area contributed by atoms with Crippen molar-refractivity contribution in [3.8, 4) is 22.6 Å². The largest absolute Gasteiger partial charge is 0.457 e. The number of hydrogen-bond acceptors (Lipinski definition) is 6. The molecule has 1 atom stereocenters. The highest BCUT2D eigenvalue weighted by molar-refractivity contribution is 6.00. The molecule has 186 valence electrons. The molecule has 0 bridgehead atoms. The molecular weight excluding hydrogens is 448 g/mol. The van der Waals surface area contributed by atoms with Gasteiger partial charge in [-0.2, -0.15) is 0 Å². The topological polar surface area (TPSA) is 95.2 Å². The number of rotatable bonds is 5. The van der Waals surface area contributed by atoms with Crippen molar-refractivity contribution in [2.24, 2.45) is 5.73 Å². The molecule has 0 radical (unpaired) electrons. The van der Waals surface area contributed by atoms with Crippen LogP contribution >= 0.6 is 0 Å². The number of aromatic nitrogens is 3. The third-order valence-corrected chi connectivity index (χ3v) is 7.85. The van der Waals surface area contributed by atoms with E-state index in [0.29, 0.717) is 23.9 Å². The SMILES string of the molecule is Nc1ncnc2c1c(-c1ccc(Oc3ccccc3)cc1)cn2C1CCC(N2CCC[C@H](N)C2)CC1. The third-order valence-electron chi connectivity index (χ3n) is 7.85. The summed E-state index contributed by atoms with van der Waals surface area (Å²) in [4.78, 5) is 11.6. The molecule has 0 unspecified atom stereocenters. The molecule has 0 amide bonds. The normalized spacial score (nSPS) is 23.1. The van der Waals surface area contributed by atoms with Gasteiger partial charge < -0.3 is 20.8 Å². The molecule has 4 N–H and O–H groups in total. The van der Waals surface area contributed by atoms with Crippen molar-refractivity contribution in [3.05, 3.63) is 67.1 Å². The predicted molar refractivity (Wildman–Crippen MR) is 144 cm³/mol. The van der Waals surface area contributed by atoms with Gasteiger partial charge in [0.25, 0.3) is 0 Å². The second kappa shape index (κ2) is 9.91. The highest BCUT2D eigenvalue weighted by Crippen LogP contribution is 2.39. The number of fused-ring (bicyclic) bond motifs is 1. The zero-order valence-corrected chi connectivity index (χ0v) is 20.6. The lowest BCUT2D eigenvalue weighted by Gasteiger charge is -2.41. The minimum absolute atomic E-state index is 0.330. The van der Waals surface area contributed by atoms with Crippen LogP contribution in [0.25, 0.3) is 22.2 Å². The molecule has 0 spiro atoms. The lowest BCUT2D eigenvalue weighted by Crippen LogP contribution is -2.48. The summed E-state index contributed by atoms with van der Waals surface area (Å²) in [6, 6.07) is 19.4. The molecule has 1 aliphatic heterocycles. The van der Waals surface area contributed by atoms with Crippen LogP contribution in [0, 0.1) is 0 Å². The average Bonchev–Trinajstić information content (AvgIpc) is 3.31. The van der Waals surface area contributed by atoms with E-state index in [-0.39, 0.29) is 0 Å². The molecule has 2 aliphatic rings. The minimum Gasteiger partial charge on any atom is -0.457 e. The summed E-state index contributed by atoms with van der Waals surface area (Å²) in [5.41, 5.74) is 15.7. The van der Waals surface area contributed by atoms with Gasteiger partial charge in [-0.25, -0.2) is 9.97 Å². The van der Waals surface area contributed by atoms with E-state index in [1.165, 1.54) is 25.8 Å². The van der Waals surface area contributed by atoms with Crippen molar-refractivity contribution in [2.75, 3.05) is 18.8 Å². The van der Waals surface area contributed by atoms with Crippen LogP contribution in [0.15, 0.2) is 67.1 Å². The van der Waals surface area contributed by atoms with Gasteiger partial charge in [0.1, 0.15) is 29.3 Å². The lowest BCUT2D eigenvalue weighted by atomic mass is 9.88. The van der Waals surface area contributed by atoms with Crippen LogP contribution in [0.1, 0.15) is 44.6 Å². The molecule has 3 heterocycles. The number of hydrogen-bond donors (Lipinski definition) is 2. The Kier molecular flexibility index (Phi) is 6.34. The number of benzene rings is 2. The minimum atomic E-state index is 0.330. The highest BCUT2D eigenvalue weighted by atomic mass is 16.5. The van der Waals surface area contributed by atoms with Gasteiger partial charge in [-0.3, -0.25) is 4.90 Å². The number of likely N-dealkylation sites (tertiary alicyclic amines) is 1. The summed E-state index contributed by atoms with van der Waals surface area (Å²) in [5.74, 6) is 2.14. The standard InChI is InChI=1S/C29H34N6O/c30-21-5-4-16-34(17-21)22-10-12-23(13-11-22)35-18-26(27-28(31)32-19-33-29(27)35)20-8-14-25(15-9-20)36-24-6-2-1-3-7-24/h1-3,6-9,14-15,18-19,21-23H,4-5,10-13,16-17,30H2,(H2,31,32,33)/t21-,22?,23?/m0/s1. The lowest BCUT2D eigenvalue weighted by molar-refractivity contribution is 0.107. The van der Waals surface area contributed by atoms with Gasteiger partial charge in [-0.15, -0.1) is 0 Å². The van der Waals surface area contributed by atoms with E-state index in [0.717, 1.165) is 59.5 Å². The number of nitrogen functional groups attached to an aromatic ring is 1. The number of para-hydroxylation sites is 1. The Labute approximate surface area is 212 Å². The van der Waals surface area contributed by atoms with Gasteiger partial charge in [0.05, 0.1) is 5.39 Å². The first kappa shape index (κ1) is 23.0. The molecular formula is C29H34N6O. The maximum Gasteiger partial charge on any atom is 0.146 e. The van der Waals surface area contributed by atoms with Gasteiger partial charge >= 0.3 is 0 Å². The molecule has 2 aromatic heterocycles. The molecule has 6 rings (SSSR count). The molecule has 7 heteroatoms. The van der Waals surface area contributed by atoms with Crippen molar-refractivity contribution in [1.29, 1.82) is 0 Å². The zero-order valence-electron chi connectivity index (χ0n) is 20.6. The van der Waals surface area contributed by atoms with E-state index < -0.39 is 0 Å². The van der Waals surface area contributed by atoms with Gasteiger partial charge in [0.15, 0.2) is 0 Å². The molecule has 1 saturated carbocycles. The van der Waals surface area contributed by atoms with E-state index >= 15 is 0 Å². The second-order valence-corrected chi connectivity index (χ2v) is 10.2. The molecule has 1 aliphatic carbocycles. The van der Waals surface area contributed by atoms with Gasteiger partial charge in [0.2, 0.25) is 0 Å². The zero-order chi connectivity index (χ0) is 24.5. The van der Waals surface area contributed by atoms with E-state index in [2.05, 4.69) is 37.8 Å². The van der Waals surface area contributed by atoms with E-state index in [1.54, 1.807) is 6.33 Å². The first-order chi connectivity index (χ1) is 17.7. The Morgan fingerprint density at radius 3 is 2.31 bits per heavy atom. The second-order valence-electron chi connectivity index (χ2n) is 10.2. The van der Waals surface area contributed by atoms with Gasteiger partial charge in [-0.05, 0) is 74.9 Å². The summed E-state index contributed by atoms with van der Waals surface area (Å²) in [7, 11) is 0. The van der Waals surface area contributed by atoms with Crippen molar-refractivity contribution < 1.29 is 4.74 Å². The summed E-state index contributed by atoms with van der Waals surface area (Å²) in [6.07, 6.45) is 10.8. The van der Waals surface area contributed by atoms with Crippen LogP contribution in [0.4, 0.5) is 5.82 Å². The first-order valence-corrected chi connectivity index (χ1v) is 13.1. The Balaban J connectivity index is 1.25. The number of anilines is 1. The van der Waals surface area contributed by atoms with Gasteiger partial charge in [-0.1, -0.05) is 30.3 Å². The quantitative estimate of drug-likeness (QED) is 0.397. The van der Waals surface area contributed by atoms with Gasteiger partial charge in [0, 0.05) is 36.4 Å². The Morgan fingerprint density at radius 2 is 1.56 bits per heavy atom. The smallest absolute Gasteiger partial charge is 0.146 e. The first-order valence-electron chi connectivity index (χ1n) is 13.1. The fraction of sp³-hybridized carbons (Fsp3) is 0.379. The Bertz CT molecular complexity index is 1310. The van der Waals surface area contributed by atoms with Crippen LogP contribution < -0.4 is 16.2 Å². The third kappa shape index (κ3) is 4.56. The van der Waals surface area contributed by atoms with Crippen molar-refractivity contribution >= 4 is 16.9 Å². The molecule has 1 saturated heterocycles. The van der Waals surface area contributed by atoms with Crippen molar-refractivity contribution in [2.45, 2.75) is 56.7 Å².